The topological polar surface area (TPSA) is 86.3 Å². The van der Waals surface area contributed by atoms with Crippen molar-refractivity contribution in [2.24, 2.45) is 0 Å². The molecule has 2 heterocycles. The van der Waals surface area contributed by atoms with Crippen LogP contribution in [0.4, 0.5) is 0 Å². The lowest BCUT2D eigenvalue weighted by atomic mass is 10.3. The van der Waals surface area contributed by atoms with Crippen molar-refractivity contribution in [1.29, 1.82) is 0 Å². The molecular weight excluding hydrogens is 286 g/mol. The predicted molar refractivity (Wildman–Crippen MR) is 74.5 cm³/mol. The molecule has 6 nitrogen and oxygen atoms in total. The van der Waals surface area contributed by atoms with Crippen LogP contribution in [0.2, 0.25) is 0 Å². The summed E-state index contributed by atoms with van der Waals surface area (Å²) in [6.45, 7) is 4.39. The molecule has 1 aromatic heterocycles. The number of aryl methyl sites for hydroxylation is 1. The molecule has 0 saturated carbocycles. The van der Waals surface area contributed by atoms with Gasteiger partial charge >= 0.3 is 0 Å². The van der Waals surface area contributed by atoms with Crippen molar-refractivity contribution in [3.05, 3.63) is 11.4 Å². The highest BCUT2D eigenvalue weighted by Crippen LogP contribution is 2.28. The van der Waals surface area contributed by atoms with Gasteiger partial charge in [0.15, 0.2) is 0 Å². The van der Waals surface area contributed by atoms with Crippen molar-refractivity contribution in [3.8, 4) is 0 Å². The number of aliphatic hydroxyl groups excluding tert-OH is 1. The molecule has 1 saturated heterocycles. The monoisotopic (exact) mass is 305 g/mol. The zero-order valence-electron chi connectivity index (χ0n) is 11.1. The second-order valence-corrected chi connectivity index (χ2v) is 7.83. The van der Waals surface area contributed by atoms with Crippen LogP contribution in [-0.2, 0) is 16.6 Å². The van der Waals surface area contributed by atoms with Crippen LogP contribution >= 0.6 is 11.8 Å². The summed E-state index contributed by atoms with van der Waals surface area (Å²) in [6.07, 6.45) is 0.952. The maximum absolute atomic E-state index is 12.7. The minimum atomic E-state index is -3.57. The number of nitrogens with one attached hydrogen (secondary N) is 1. The molecule has 0 radical (unpaired) electrons. The molecule has 19 heavy (non-hydrogen) atoms. The summed E-state index contributed by atoms with van der Waals surface area (Å²) >= 11 is 1.82. The zero-order chi connectivity index (χ0) is 14.0. The van der Waals surface area contributed by atoms with Crippen LogP contribution in [0.25, 0.3) is 0 Å². The molecule has 1 aromatic rings. The average Bonchev–Trinajstić information content (AvgIpc) is 2.80. The van der Waals surface area contributed by atoms with Gasteiger partial charge in [0.1, 0.15) is 10.6 Å². The number of H-pyrrole nitrogens is 1. The Morgan fingerprint density at radius 3 is 2.95 bits per heavy atom. The highest BCUT2D eigenvalue weighted by atomic mass is 32.2. The Balaban J connectivity index is 2.34. The first-order valence-electron chi connectivity index (χ1n) is 6.27. The molecule has 1 atom stereocenters. The summed E-state index contributed by atoms with van der Waals surface area (Å²) in [5.74, 6) is 0.809. The molecule has 1 fully saturated rings. The van der Waals surface area contributed by atoms with Crippen LogP contribution in [0.15, 0.2) is 4.90 Å². The molecule has 0 bridgehead atoms. The fourth-order valence-electron chi connectivity index (χ4n) is 2.21. The van der Waals surface area contributed by atoms with Gasteiger partial charge < -0.3 is 5.11 Å². The highest BCUT2D eigenvalue weighted by molar-refractivity contribution is 8.00. The van der Waals surface area contributed by atoms with Crippen LogP contribution in [0, 0.1) is 6.92 Å². The Morgan fingerprint density at radius 1 is 1.58 bits per heavy atom. The SMILES string of the molecule is CCC1CN(S(=O)(=O)c2c(CO)n[nH]c2C)CCS1. The number of hydrogen-bond donors (Lipinski definition) is 2. The number of sulfonamides is 1. The third-order valence-corrected chi connectivity index (χ3v) is 6.71. The van der Waals surface area contributed by atoms with Gasteiger partial charge in [-0.05, 0) is 13.3 Å². The molecular formula is C11H19N3O3S2. The maximum Gasteiger partial charge on any atom is 0.246 e. The number of nitrogens with zero attached hydrogens (tertiary/aromatic N) is 2. The van der Waals surface area contributed by atoms with E-state index in [4.69, 9.17) is 0 Å². The lowest BCUT2D eigenvalue weighted by molar-refractivity contribution is 0.273. The van der Waals surface area contributed by atoms with Crippen molar-refractivity contribution in [3.63, 3.8) is 0 Å². The van der Waals surface area contributed by atoms with E-state index in [1.807, 2.05) is 11.8 Å². The van der Waals surface area contributed by atoms with Crippen LogP contribution in [-0.4, -0.2) is 52.1 Å². The van der Waals surface area contributed by atoms with E-state index in [-0.39, 0.29) is 17.2 Å². The van der Waals surface area contributed by atoms with Crippen LogP contribution < -0.4 is 0 Å². The van der Waals surface area contributed by atoms with Crippen LogP contribution in [0.3, 0.4) is 0 Å². The second-order valence-electron chi connectivity index (χ2n) is 4.55. The van der Waals surface area contributed by atoms with Crippen molar-refractivity contribution in [2.75, 3.05) is 18.8 Å². The Hall–Kier alpha value is -0.570. The quantitative estimate of drug-likeness (QED) is 0.856. The Kier molecular flexibility index (Phi) is 4.54. The summed E-state index contributed by atoms with van der Waals surface area (Å²) in [7, 11) is -3.57. The van der Waals surface area contributed by atoms with Gasteiger partial charge in [-0.3, -0.25) is 5.10 Å². The molecule has 2 N–H and O–H groups in total. The number of aromatic amines is 1. The van der Waals surface area contributed by atoms with Gasteiger partial charge in [-0.25, -0.2) is 8.42 Å². The van der Waals surface area contributed by atoms with Gasteiger partial charge in [-0.2, -0.15) is 21.2 Å². The molecule has 0 aromatic carbocycles. The van der Waals surface area contributed by atoms with Gasteiger partial charge in [-0.1, -0.05) is 6.92 Å². The molecule has 2 rings (SSSR count). The Labute approximate surface area is 117 Å². The van der Waals surface area contributed by atoms with Crippen LogP contribution in [0.1, 0.15) is 24.7 Å². The fraction of sp³-hybridized carbons (Fsp3) is 0.727. The summed E-state index contributed by atoms with van der Waals surface area (Å²) < 4.78 is 26.8. The van der Waals surface area contributed by atoms with Crippen molar-refractivity contribution in [2.45, 2.75) is 37.0 Å². The summed E-state index contributed by atoms with van der Waals surface area (Å²) in [5.41, 5.74) is 0.680. The number of aliphatic hydroxyl groups is 1. The molecule has 1 aliphatic rings. The predicted octanol–water partition coefficient (Wildman–Crippen LogP) is 0.727. The van der Waals surface area contributed by atoms with E-state index in [0.717, 1.165) is 12.2 Å². The van der Waals surface area contributed by atoms with Crippen LogP contribution in [0.5, 0.6) is 0 Å². The van der Waals surface area contributed by atoms with E-state index < -0.39 is 10.0 Å². The smallest absolute Gasteiger partial charge is 0.246 e. The zero-order valence-corrected chi connectivity index (χ0v) is 12.7. The molecule has 108 valence electrons. The van der Waals surface area contributed by atoms with Gasteiger partial charge in [0.05, 0.1) is 12.3 Å². The third kappa shape index (κ3) is 2.81. The van der Waals surface area contributed by atoms with E-state index in [0.29, 0.717) is 24.0 Å². The van der Waals surface area contributed by atoms with Crippen molar-refractivity contribution in [1.82, 2.24) is 14.5 Å². The number of thioether (sulfide) groups is 1. The van der Waals surface area contributed by atoms with Crippen molar-refractivity contribution < 1.29 is 13.5 Å². The minimum absolute atomic E-state index is 0.136. The molecule has 1 aliphatic heterocycles. The standard InChI is InChI=1S/C11H19N3O3S2/c1-3-9-6-14(4-5-18-9)19(16,17)11-8(2)12-13-10(11)7-15/h9,15H,3-7H2,1-2H3,(H,12,13). The second kappa shape index (κ2) is 5.82. The lowest BCUT2D eigenvalue weighted by Gasteiger charge is -2.31. The third-order valence-electron chi connectivity index (χ3n) is 3.27. The van der Waals surface area contributed by atoms with Gasteiger partial charge in [0, 0.05) is 24.1 Å². The molecule has 0 aliphatic carbocycles. The number of aromatic nitrogens is 2. The molecule has 1 unspecified atom stereocenters. The Morgan fingerprint density at radius 2 is 2.32 bits per heavy atom. The van der Waals surface area contributed by atoms with Crippen molar-refractivity contribution >= 4 is 21.8 Å². The maximum atomic E-state index is 12.7. The van der Waals surface area contributed by atoms with E-state index in [9.17, 15) is 13.5 Å². The lowest BCUT2D eigenvalue weighted by Crippen LogP contribution is -2.42. The first kappa shape index (κ1) is 14.8. The number of rotatable bonds is 4. The fourth-order valence-corrected chi connectivity index (χ4v) is 5.40. The average molecular weight is 305 g/mol. The highest BCUT2D eigenvalue weighted by Gasteiger charge is 2.33. The molecule has 0 spiro atoms. The largest absolute Gasteiger partial charge is 0.390 e. The summed E-state index contributed by atoms with van der Waals surface area (Å²) in [5, 5.41) is 16.0. The van der Waals surface area contributed by atoms with E-state index in [2.05, 4.69) is 17.1 Å². The van der Waals surface area contributed by atoms with Gasteiger partial charge in [0.25, 0.3) is 0 Å². The minimum Gasteiger partial charge on any atom is -0.390 e. The first-order valence-corrected chi connectivity index (χ1v) is 8.76. The molecule has 0 amide bonds. The Bertz CT molecular complexity index is 541. The van der Waals surface area contributed by atoms with E-state index in [1.165, 1.54) is 4.31 Å². The van der Waals surface area contributed by atoms with E-state index in [1.54, 1.807) is 6.92 Å². The summed E-state index contributed by atoms with van der Waals surface area (Å²) in [6, 6.07) is 0. The first-order chi connectivity index (χ1) is 9.00. The van der Waals surface area contributed by atoms with Gasteiger partial charge in [-0.15, -0.1) is 0 Å². The van der Waals surface area contributed by atoms with E-state index >= 15 is 0 Å². The normalized spacial score (nSPS) is 21.7. The summed E-state index contributed by atoms with van der Waals surface area (Å²) in [4.78, 5) is 0.136. The molecule has 8 heteroatoms. The van der Waals surface area contributed by atoms with Gasteiger partial charge in [0.2, 0.25) is 10.0 Å². The number of hydrogen-bond acceptors (Lipinski definition) is 5.